The van der Waals surface area contributed by atoms with Crippen LogP contribution in [-0.4, -0.2) is 15.0 Å². The van der Waals surface area contributed by atoms with Gasteiger partial charge in [0, 0.05) is 47.6 Å². The second-order valence-corrected chi connectivity index (χ2v) is 15.8. The molecule has 0 saturated heterocycles. The van der Waals surface area contributed by atoms with Crippen LogP contribution >= 0.6 is 11.3 Å². The molecule has 0 aliphatic carbocycles. The normalized spacial score (nSPS) is 11.8. The molecule has 0 aliphatic heterocycles. The average Bonchev–Trinajstić information content (AvgIpc) is 3.85. The Morgan fingerprint density at radius 2 is 0.707 bits per heavy atom. The molecule has 9 aromatic carbocycles. The van der Waals surface area contributed by atoms with Crippen molar-refractivity contribution in [1.82, 2.24) is 15.0 Å². The first-order valence-corrected chi connectivity index (χ1v) is 20.2. The molecule has 0 spiro atoms. The highest BCUT2D eigenvalue weighted by atomic mass is 32.1. The molecule has 3 aromatic heterocycles. The van der Waals surface area contributed by atoms with Crippen LogP contribution in [-0.2, 0) is 0 Å². The Kier molecular flexibility index (Phi) is 7.37. The molecule has 0 N–H and O–H groups in total. The molecule has 0 aliphatic rings. The zero-order valence-electron chi connectivity index (χ0n) is 31.1. The summed E-state index contributed by atoms with van der Waals surface area (Å²) in [6.07, 6.45) is 0. The predicted molar refractivity (Wildman–Crippen MR) is 242 cm³/mol. The summed E-state index contributed by atoms with van der Waals surface area (Å²) in [7, 11) is 0. The standard InChI is InChI=1S/C53H31N3OS/c1-3-13-32(14-4-1)51-54-52(33-15-5-2-6-16-33)56-53(55-51)36-25-28-46-44(30-36)43-29-34(24-27-45(43)57-46)49-39-18-7-9-20-41(39)50(42-21-10-8-19-40(42)49)35-23-26-38-37-17-11-12-22-47(37)58-48(38)31-35/h1-31H. The lowest BCUT2D eigenvalue weighted by Gasteiger charge is -2.18. The second-order valence-electron chi connectivity index (χ2n) is 14.7. The number of aromatic nitrogens is 3. The van der Waals surface area contributed by atoms with E-state index < -0.39 is 0 Å². The molecule has 12 rings (SSSR count). The third-order valence-corrected chi connectivity index (χ3v) is 12.4. The lowest BCUT2D eigenvalue weighted by molar-refractivity contribution is 0.669. The Labute approximate surface area is 337 Å². The van der Waals surface area contributed by atoms with Gasteiger partial charge in [0.15, 0.2) is 17.5 Å². The number of benzene rings is 9. The minimum atomic E-state index is 0.613. The molecule has 0 atom stereocenters. The molecular formula is C53H31N3OS. The number of rotatable bonds is 5. The number of thiophene rings is 1. The van der Waals surface area contributed by atoms with Crippen LogP contribution < -0.4 is 0 Å². The largest absolute Gasteiger partial charge is 0.456 e. The van der Waals surface area contributed by atoms with Crippen molar-refractivity contribution >= 4 is 75.0 Å². The van der Waals surface area contributed by atoms with E-state index in [0.29, 0.717) is 17.5 Å². The van der Waals surface area contributed by atoms with Gasteiger partial charge >= 0.3 is 0 Å². The molecule has 0 amide bonds. The average molecular weight is 758 g/mol. The fourth-order valence-corrected chi connectivity index (χ4v) is 9.79. The highest BCUT2D eigenvalue weighted by molar-refractivity contribution is 7.25. The van der Waals surface area contributed by atoms with Crippen molar-refractivity contribution in [3.8, 4) is 56.4 Å². The summed E-state index contributed by atoms with van der Waals surface area (Å²) in [5.41, 5.74) is 9.26. The van der Waals surface area contributed by atoms with E-state index in [1.807, 2.05) is 84.1 Å². The molecular weight excluding hydrogens is 727 g/mol. The SMILES string of the molecule is c1ccc(-c2nc(-c3ccccc3)nc(-c3ccc4oc5ccc(-c6c7ccccc7c(-c7ccc8c(c7)sc7ccccc78)c7ccccc67)cc5c4c3)n2)cc1. The third kappa shape index (κ3) is 5.25. The van der Waals surface area contributed by atoms with Gasteiger partial charge in [-0.2, -0.15) is 0 Å². The van der Waals surface area contributed by atoms with Gasteiger partial charge in [0.05, 0.1) is 0 Å². The predicted octanol–water partition coefficient (Wildman–Crippen LogP) is 14.8. The van der Waals surface area contributed by atoms with Gasteiger partial charge in [-0.1, -0.05) is 146 Å². The maximum Gasteiger partial charge on any atom is 0.164 e. The minimum Gasteiger partial charge on any atom is -0.456 e. The van der Waals surface area contributed by atoms with E-state index in [2.05, 4.69) is 115 Å². The topological polar surface area (TPSA) is 51.8 Å². The van der Waals surface area contributed by atoms with Gasteiger partial charge in [0.2, 0.25) is 0 Å². The molecule has 5 heteroatoms. The van der Waals surface area contributed by atoms with Crippen LogP contribution in [0.2, 0.25) is 0 Å². The van der Waals surface area contributed by atoms with Crippen LogP contribution in [0.1, 0.15) is 0 Å². The summed E-state index contributed by atoms with van der Waals surface area (Å²) in [4.78, 5) is 14.9. The van der Waals surface area contributed by atoms with E-state index >= 15 is 0 Å². The number of furan rings is 1. The van der Waals surface area contributed by atoms with E-state index in [0.717, 1.165) is 44.2 Å². The maximum absolute atomic E-state index is 6.48. The van der Waals surface area contributed by atoms with Crippen molar-refractivity contribution in [2.75, 3.05) is 0 Å². The number of nitrogens with zero attached hydrogens (tertiary/aromatic N) is 3. The number of hydrogen-bond acceptors (Lipinski definition) is 5. The molecule has 0 fully saturated rings. The summed E-state index contributed by atoms with van der Waals surface area (Å²) in [5, 5.41) is 9.57. The first kappa shape index (κ1) is 32.7. The summed E-state index contributed by atoms with van der Waals surface area (Å²) >= 11 is 1.86. The second kappa shape index (κ2) is 13.1. The number of hydrogen-bond donors (Lipinski definition) is 0. The molecule has 0 radical (unpaired) electrons. The van der Waals surface area contributed by atoms with E-state index in [1.54, 1.807) is 0 Å². The first-order valence-electron chi connectivity index (χ1n) is 19.4. The van der Waals surface area contributed by atoms with Gasteiger partial charge in [-0.3, -0.25) is 0 Å². The Balaban J connectivity index is 1.04. The van der Waals surface area contributed by atoms with Crippen molar-refractivity contribution in [1.29, 1.82) is 0 Å². The van der Waals surface area contributed by atoms with Crippen LogP contribution in [0.25, 0.3) is 120 Å². The van der Waals surface area contributed by atoms with Crippen LogP contribution in [0, 0.1) is 0 Å². The van der Waals surface area contributed by atoms with Gasteiger partial charge in [-0.25, -0.2) is 15.0 Å². The van der Waals surface area contributed by atoms with Gasteiger partial charge in [-0.05, 0) is 86.3 Å². The molecule has 0 bridgehead atoms. The lowest BCUT2D eigenvalue weighted by Crippen LogP contribution is -2.00. The first-order chi connectivity index (χ1) is 28.7. The van der Waals surface area contributed by atoms with E-state index in [1.165, 1.54) is 58.4 Å². The monoisotopic (exact) mass is 757 g/mol. The summed E-state index contributed by atoms with van der Waals surface area (Å²) < 4.78 is 9.10. The fourth-order valence-electron chi connectivity index (χ4n) is 8.64. The van der Waals surface area contributed by atoms with Crippen molar-refractivity contribution in [3.63, 3.8) is 0 Å². The zero-order valence-corrected chi connectivity index (χ0v) is 31.9. The Morgan fingerprint density at radius 1 is 0.293 bits per heavy atom. The van der Waals surface area contributed by atoms with Crippen LogP contribution in [0.5, 0.6) is 0 Å². The van der Waals surface area contributed by atoms with Crippen LogP contribution in [0.3, 0.4) is 0 Å². The molecule has 270 valence electrons. The zero-order chi connectivity index (χ0) is 38.2. The van der Waals surface area contributed by atoms with Gasteiger partial charge in [-0.15, -0.1) is 11.3 Å². The van der Waals surface area contributed by atoms with Crippen LogP contribution in [0.4, 0.5) is 0 Å². The van der Waals surface area contributed by atoms with Gasteiger partial charge < -0.3 is 4.42 Å². The third-order valence-electron chi connectivity index (χ3n) is 11.3. The van der Waals surface area contributed by atoms with E-state index in [-0.39, 0.29) is 0 Å². The summed E-state index contributed by atoms with van der Waals surface area (Å²) in [6, 6.07) is 66.4. The molecule has 12 aromatic rings. The highest BCUT2D eigenvalue weighted by Crippen LogP contribution is 2.46. The van der Waals surface area contributed by atoms with Crippen molar-refractivity contribution in [2.45, 2.75) is 0 Å². The van der Waals surface area contributed by atoms with E-state index in [9.17, 15) is 0 Å². The van der Waals surface area contributed by atoms with Crippen LogP contribution in [0.15, 0.2) is 192 Å². The maximum atomic E-state index is 6.48. The molecule has 4 nitrogen and oxygen atoms in total. The smallest absolute Gasteiger partial charge is 0.164 e. The summed E-state index contributed by atoms with van der Waals surface area (Å²) in [5.74, 6) is 1.88. The number of fused-ring (bicyclic) bond motifs is 8. The minimum absolute atomic E-state index is 0.613. The van der Waals surface area contributed by atoms with E-state index in [4.69, 9.17) is 19.4 Å². The quantitative estimate of drug-likeness (QED) is 0.164. The Bertz CT molecular complexity index is 3460. The summed E-state index contributed by atoms with van der Waals surface area (Å²) in [6.45, 7) is 0. The Morgan fingerprint density at radius 3 is 1.28 bits per heavy atom. The van der Waals surface area contributed by atoms with Gasteiger partial charge in [0.1, 0.15) is 11.2 Å². The molecule has 58 heavy (non-hydrogen) atoms. The highest BCUT2D eigenvalue weighted by Gasteiger charge is 2.20. The van der Waals surface area contributed by atoms with Crippen molar-refractivity contribution < 1.29 is 4.42 Å². The molecule has 3 heterocycles. The molecule has 0 unspecified atom stereocenters. The van der Waals surface area contributed by atoms with Crippen molar-refractivity contribution in [3.05, 3.63) is 188 Å². The van der Waals surface area contributed by atoms with Gasteiger partial charge in [0.25, 0.3) is 0 Å². The lowest BCUT2D eigenvalue weighted by atomic mass is 9.85. The Hall–Kier alpha value is -7.47. The fraction of sp³-hybridized carbons (Fsp3) is 0. The van der Waals surface area contributed by atoms with Crippen molar-refractivity contribution in [2.24, 2.45) is 0 Å². The molecule has 0 saturated carbocycles.